The van der Waals surface area contributed by atoms with Crippen LogP contribution in [0.5, 0.6) is 0 Å². The van der Waals surface area contributed by atoms with Crippen molar-refractivity contribution in [1.29, 1.82) is 0 Å². The summed E-state index contributed by atoms with van der Waals surface area (Å²) in [6.07, 6.45) is 0. The number of halogens is 3. The summed E-state index contributed by atoms with van der Waals surface area (Å²) < 4.78 is 38.9. The van der Waals surface area contributed by atoms with E-state index >= 15 is 0 Å². The van der Waals surface area contributed by atoms with Gasteiger partial charge < -0.3 is 5.32 Å². The van der Waals surface area contributed by atoms with E-state index in [0.717, 1.165) is 22.6 Å². The van der Waals surface area contributed by atoms with Gasteiger partial charge in [-0.3, -0.25) is 4.79 Å². The summed E-state index contributed by atoms with van der Waals surface area (Å²) in [5, 5.41) is 7.20. The van der Waals surface area contributed by atoms with E-state index < -0.39 is 5.51 Å². The van der Waals surface area contributed by atoms with E-state index in [-0.39, 0.29) is 22.6 Å². The van der Waals surface area contributed by atoms with Gasteiger partial charge in [-0.2, -0.15) is 18.3 Å². The number of benzene rings is 2. The first kappa shape index (κ1) is 20.0. The van der Waals surface area contributed by atoms with Gasteiger partial charge in [-0.15, -0.1) is 0 Å². The maximum Gasteiger partial charge on any atom is 0.446 e. The van der Waals surface area contributed by atoms with Gasteiger partial charge in [0.1, 0.15) is 0 Å². The molecule has 0 radical (unpaired) electrons. The van der Waals surface area contributed by atoms with E-state index in [1.165, 1.54) is 24.3 Å². The number of nitrogens with zero attached hydrogens (tertiary/aromatic N) is 2. The lowest BCUT2D eigenvalue weighted by atomic mass is 10.2. The number of hydrogen-bond acceptors (Lipinski definition) is 3. The molecule has 0 aliphatic rings. The predicted octanol–water partition coefficient (Wildman–Crippen LogP) is 5.03. The van der Waals surface area contributed by atoms with Crippen LogP contribution in [0.1, 0.15) is 27.3 Å². The highest BCUT2D eigenvalue weighted by molar-refractivity contribution is 8.00. The Labute approximate surface area is 164 Å². The first-order chi connectivity index (χ1) is 13.2. The molecule has 1 heterocycles. The van der Waals surface area contributed by atoms with Crippen LogP contribution in [0.3, 0.4) is 0 Å². The summed E-state index contributed by atoms with van der Waals surface area (Å²) in [6.45, 7) is 4.23. The molecule has 0 unspecified atom stereocenters. The highest BCUT2D eigenvalue weighted by atomic mass is 32.2. The van der Waals surface area contributed by atoms with Gasteiger partial charge in [0.25, 0.3) is 5.91 Å². The third kappa shape index (κ3) is 5.16. The fourth-order valence-corrected chi connectivity index (χ4v) is 3.28. The number of nitrogens with one attached hydrogen (secondary N) is 1. The van der Waals surface area contributed by atoms with Gasteiger partial charge in [0.15, 0.2) is 0 Å². The van der Waals surface area contributed by atoms with Crippen LogP contribution in [0.2, 0.25) is 0 Å². The van der Waals surface area contributed by atoms with Crippen LogP contribution in [-0.2, 0) is 6.54 Å². The summed E-state index contributed by atoms with van der Waals surface area (Å²) in [4.78, 5) is 12.2. The average molecular weight is 405 g/mol. The van der Waals surface area contributed by atoms with Crippen molar-refractivity contribution in [2.45, 2.75) is 30.8 Å². The van der Waals surface area contributed by atoms with Gasteiger partial charge in [-0.25, -0.2) is 4.68 Å². The number of aryl methyl sites for hydroxylation is 2. The Kier molecular flexibility index (Phi) is 5.79. The molecule has 1 amide bonds. The molecule has 1 N–H and O–H groups in total. The normalized spacial score (nSPS) is 11.5. The second-order valence-corrected chi connectivity index (χ2v) is 7.40. The number of aromatic nitrogens is 2. The molecule has 4 nitrogen and oxygen atoms in total. The van der Waals surface area contributed by atoms with E-state index in [9.17, 15) is 18.0 Å². The molecule has 1 aromatic heterocycles. The van der Waals surface area contributed by atoms with Crippen LogP contribution in [-0.4, -0.2) is 21.2 Å². The first-order valence-electron chi connectivity index (χ1n) is 8.48. The van der Waals surface area contributed by atoms with Gasteiger partial charge in [-0.1, -0.05) is 12.1 Å². The lowest BCUT2D eigenvalue weighted by Crippen LogP contribution is -2.22. The summed E-state index contributed by atoms with van der Waals surface area (Å²) in [7, 11) is 0. The molecule has 28 heavy (non-hydrogen) atoms. The number of carbonyl (C=O) groups is 1. The topological polar surface area (TPSA) is 46.9 Å². The Bertz CT molecular complexity index is 964. The second-order valence-electron chi connectivity index (χ2n) is 6.26. The SMILES string of the molecule is Cc1cc(C)n(-c2ccc(CNC(=O)c3ccc(SC(F)(F)F)cc3)cc2)n1. The van der Waals surface area contributed by atoms with Gasteiger partial charge in [0.05, 0.1) is 11.4 Å². The summed E-state index contributed by atoms with van der Waals surface area (Å²) in [6, 6.07) is 15.0. The average Bonchev–Trinajstić information content (AvgIpc) is 2.97. The molecule has 0 aliphatic carbocycles. The Balaban J connectivity index is 1.59. The lowest BCUT2D eigenvalue weighted by Gasteiger charge is -2.09. The fourth-order valence-electron chi connectivity index (χ4n) is 2.74. The zero-order valence-corrected chi connectivity index (χ0v) is 16.1. The van der Waals surface area contributed by atoms with Crippen molar-refractivity contribution in [3.8, 4) is 5.69 Å². The third-order valence-electron chi connectivity index (χ3n) is 3.99. The van der Waals surface area contributed by atoms with Crippen LogP contribution in [0.4, 0.5) is 13.2 Å². The molecular formula is C20H18F3N3OS. The Morgan fingerprint density at radius 3 is 2.25 bits per heavy atom. The van der Waals surface area contributed by atoms with Crippen LogP contribution < -0.4 is 5.32 Å². The molecule has 3 aromatic rings. The van der Waals surface area contributed by atoms with Crippen molar-refractivity contribution in [1.82, 2.24) is 15.1 Å². The van der Waals surface area contributed by atoms with E-state index in [4.69, 9.17) is 0 Å². The Morgan fingerprint density at radius 2 is 1.71 bits per heavy atom. The Hall–Kier alpha value is -2.74. The first-order valence-corrected chi connectivity index (χ1v) is 9.29. The van der Waals surface area contributed by atoms with Gasteiger partial charge in [0.2, 0.25) is 0 Å². The molecule has 146 valence electrons. The molecule has 0 fully saturated rings. The van der Waals surface area contributed by atoms with Crippen molar-refractivity contribution >= 4 is 17.7 Å². The quantitative estimate of drug-likeness (QED) is 0.606. The largest absolute Gasteiger partial charge is 0.446 e. The third-order valence-corrected chi connectivity index (χ3v) is 4.73. The van der Waals surface area contributed by atoms with Crippen LogP contribution in [0.25, 0.3) is 5.69 Å². The molecule has 3 rings (SSSR count). The maximum absolute atomic E-state index is 12.3. The van der Waals surface area contributed by atoms with Gasteiger partial charge >= 0.3 is 5.51 Å². The lowest BCUT2D eigenvalue weighted by molar-refractivity contribution is -0.0328. The molecule has 0 saturated heterocycles. The van der Waals surface area contributed by atoms with Gasteiger partial charge in [-0.05, 0) is 73.6 Å². The molecule has 0 aliphatic heterocycles. The van der Waals surface area contributed by atoms with Crippen LogP contribution >= 0.6 is 11.8 Å². The smallest absolute Gasteiger partial charge is 0.348 e. The van der Waals surface area contributed by atoms with Gasteiger partial charge in [0, 0.05) is 22.7 Å². The predicted molar refractivity (Wildman–Crippen MR) is 103 cm³/mol. The molecule has 0 spiro atoms. The molecule has 0 bridgehead atoms. The molecular weight excluding hydrogens is 387 g/mol. The minimum absolute atomic E-state index is 0.0452. The van der Waals surface area contributed by atoms with E-state index in [1.54, 1.807) is 0 Å². The zero-order valence-electron chi connectivity index (χ0n) is 15.2. The standard InChI is InChI=1S/C20H18F3N3OS/c1-13-11-14(2)26(25-13)17-7-3-15(4-8-17)12-24-19(27)16-5-9-18(10-6-16)28-20(21,22)23/h3-11H,12H2,1-2H3,(H,24,27). The van der Waals surface area contributed by atoms with Crippen LogP contribution in [0, 0.1) is 13.8 Å². The molecule has 0 atom stereocenters. The zero-order chi connectivity index (χ0) is 20.3. The number of amides is 1. The molecule has 8 heteroatoms. The number of thioether (sulfide) groups is 1. The summed E-state index contributed by atoms with van der Waals surface area (Å²) >= 11 is -0.205. The van der Waals surface area contributed by atoms with E-state index in [1.807, 2.05) is 48.9 Å². The summed E-state index contributed by atoms with van der Waals surface area (Å²) in [5.74, 6) is -0.341. The van der Waals surface area contributed by atoms with Crippen LogP contribution in [0.15, 0.2) is 59.5 Å². The van der Waals surface area contributed by atoms with E-state index in [0.29, 0.717) is 12.1 Å². The Morgan fingerprint density at radius 1 is 1.07 bits per heavy atom. The number of rotatable bonds is 5. The van der Waals surface area contributed by atoms with Crippen molar-refractivity contribution in [2.75, 3.05) is 0 Å². The van der Waals surface area contributed by atoms with Crippen molar-refractivity contribution in [3.05, 3.63) is 77.1 Å². The summed E-state index contributed by atoms with van der Waals surface area (Å²) in [5.41, 5.74) is -0.227. The number of carbonyl (C=O) groups excluding carboxylic acids is 1. The minimum Gasteiger partial charge on any atom is -0.348 e. The monoisotopic (exact) mass is 405 g/mol. The molecule has 0 saturated carbocycles. The second kappa shape index (κ2) is 8.10. The van der Waals surface area contributed by atoms with Crippen molar-refractivity contribution in [2.24, 2.45) is 0 Å². The number of hydrogen-bond donors (Lipinski definition) is 1. The fraction of sp³-hybridized carbons (Fsp3) is 0.200. The number of alkyl halides is 3. The highest BCUT2D eigenvalue weighted by Crippen LogP contribution is 2.36. The minimum atomic E-state index is -4.34. The van der Waals surface area contributed by atoms with Crippen molar-refractivity contribution < 1.29 is 18.0 Å². The maximum atomic E-state index is 12.3. The highest BCUT2D eigenvalue weighted by Gasteiger charge is 2.29. The molecule has 2 aromatic carbocycles. The van der Waals surface area contributed by atoms with E-state index in [2.05, 4.69) is 10.4 Å². The van der Waals surface area contributed by atoms with Crippen molar-refractivity contribution in [3.63, 3.8) is 0 Å².